The molecule has 0 aliphatic carbocycles. The molecule has 11 heteroatoms. The lowest BCUT2D eigenvalue weighted by Gasteiger charge is -2.33. The largest absolute Gasteiger partial charge is 0.497 e. The van der Waals surface area contributed by atoms with Gasteiger partial charge in [0.2, 0.25) is 11.8 Å². The zero-order valence-electron chi connectivity index (χ0n) is 25.6. The number of carbonyl (C=O) groups is 2. The summed E-state index contributed by atoms with van der Waals surface area (Å²) >= 11 is 1.50. The number of benzene rings is 3. The Hall–Kier alpha value is -3.70. The molecule has 3 aromatic rings. The van der Waals surface area contributed by atoms with E-state index in [-0.39, 0.29) is 29.1 Å². The predicted molar refractivity (Wildman–Crippen MR) is 171 cm³/mol. The summed E-state index contributed by atoms with van der Waals surface area (Å²) < 4.78 is 40.4. The topological polar surface area (TPSA) is 105 Å². The maximum atomic E-state index is 14.2. The van der Waals surface area contributed by atoms with Crippen molar-refractivity contribution in [2.75, 3.05) is 30.8 Å². The maximum absolute atomic E-state index is 14.2. The van der Waals surface area contributed by atoms with Gasteiger partial charge in [-0.05, 0) is 87.5 Å². The molecule has 3 aromatic carbocycles. The van der Waals surface area contributed by atoms with E-state index in [1.807, 2.05) is 32.2 Å². The first-order chi connectivity index (χ1) is 20.5. The first-order valence-corrected chi connectivity index (χ1v) is 16.8. The van der Waals surface area contributed by atoms with Crippen LogP contribution in [0.4, 0.5) is 5.69 Å². The average Bonchev–Trinajstić information content (AvgIpc) is 3.02. The van der Waals surface area contributed by atoms with Crippen molar-refractivity contribution in [1.82, 2.24) is 10.2 Å². The fourth-order valence-electron chi connectivity index (χ4n) is 4.30. The highest BCUT2D eigenvalue weighted by Crippen LogP contribution is 2.33. The number of hydrogen-bond donors (Lipinski definition) is 1. The number of rotatable bonds is 15. The van der Waals surface area contributed by atoms with Crippen LogP contribution in [0.2, 0.25) is 0 Å². The Morgan fingerprint density at radius 2 is 1.60 bits per heavy atom. The van der Waals surface area contributed by atoms with Crippen molar-refractivity contribution >= 4 is 39.3 Å². The normalized spacial score (nSPS) is 12.6. The van der Waals surface area contributed by atoms with Crippen molar-refractivity contribution in [3.63, 3.8) is 0 Å². The Bertz CT molecular complexity index is 1460. The van der Waals surface area contributed by atoms with Gasteiger partial charge in [-0.2, -0.15) is 0 Å². The number of anilines is 1. The zero-order valence-corrected chi connectivity index (χ0v) is 27.2. The summed E-state index contributed by atoms with van der Waals surface area (Å²) in [4.78, 5) is 29.8. The van der Waals surface area contributed by atoms with E-state index in [0.717, 1.165) is 21.2 Å². The van der Waals surface area contributed by atoms with Crippen molar-refractivity contribution in [2.24, 2.45) is 0 Å². The molecule has 0 bridgehead atoms. The molecule has 2 atom stereocenters. The molecule has 0 saturated carbocycles. The summed E-state index contributed by atoms with van der Waals surface area (Å²) in [6.45, 7) is 7.14. The first-order valence-electron chi connectivity index (χ1n) is 14.2. The zero-order chi connectivity index (χ0) is 31.6. The quantitative estimate of drug-likeness (QED) is 0.227. The van der Waals surface area contributed by atoms with Crippen molar-refractivity contribution in [3.8, 4) is 11.5 Å². The molecule has 3 rings (SSSR count). The van der Waals surface area contributed by atoms with Gasteiger partial charge >= 0.3 is 0 Å². The fraction of sp³-hybridized carbons (Fsp3) is 0.375. The standard InChI is InChI=1S/C32H41N3O6S2/c1-7-23(3)33-32(37)24(4)34(21-25-13-15-26(40-5)16-14-25)31(36)22-35(29-11-9-10-12-30(29)41-8-2)43(38,39)28-19-17-27(42-6)18-20-28/h9-20,23-24H,7-8,21-22H2,1-6H3,(H,33,37)/t23-,24-/m1/s1. The molecule has 43 heavy (non-hydrogen) atoms. The third-order valence-electron chi connectivity index (χ3n) is 7.04. The highest BCUT2D eigenvalue weighted by molar-refractivity contribution is 7.98. The summed E-state index contributed by atoms with van der Waals surface area (Å²) in [5.41, 5.74) is 0.988. The van der Waals surface area contributed by atoms with Crippen LogP contribution in [0.25, 0.3) is 0 Å². The lowest BCUT2D eigenvalue weighted by Crippen LogP contribution is -2.52. The molecule has 0 spiro atoms. The molecule has 0 aliphatic rings. The SMILES string of the molecule is CCOc1ccccc1N(CC(=O)N(Cc1ccc(OC)cc1)[C@H](C)C(=O)N[C@H](C)CC)S(=O)(=O)c1ccc(SC)cc1. The Balaban J connectivity index is 2.07. The number of nitrogens with zero attached hydrogens (tertiary/aromatic N) is 2. The molecule has 0 fully saturated rings. The van der Waals surface area contributed by atoms with Gasteiger partial charge in [-0.25, -0.2) is 8.42 Å². The molecule has 0 heterocycles. The van der Waals surface area contributed by atoms with Gasteiger partial charge in [0.05, 0.1) is 24.3 Å². The van der Waals surface area contributed by atoms with Gasteiger partial charge in [0.25, 0.3) is 10.0 Å². The van der Waals surface area contributed by atoms with E-state index >= 15 is 0 Å². The minimum atomic E-state index is -4.22. The molecular formula is C32H41N3O6S2. The Morgan fingerprint density at radius 1 is 0.953 bits per heavy atom. The van der Waals surface area contributed by atoms with Gasteiger partial charge in [0.1, 0.15) is 24.1 Å². The summed E-state index contributed by atoms with van der Waals surface area (Å²) in [6.07, 6.45) is 2.63. The monoisotopic (exact) mass is 627 g/mol. The number of amides is 2. The summed E-state index contributed by atoms with van der Waals surface area (Å²) in [5.74, 6) is 0.110. The van der Waals surface area contributed by atoms with Gasteiger partial charge in [-0.15, -0.1) is 11.8 Å². The van der Waals surface area contributed by atoms with Crippen molar-refractivity contribution in [1.29, 1.82) is 0 Å². The third kappa shape index (κ3) is 8.67. The van der Waals surface area contributed by atoms with Gasteiger partial charge in [0, 0.05) is 17.5 Å². The van der Waals surface area contributed by atoms with E-state index in [2.05, 4.69) is 5.32 Å². The molecule has 0 saturated heterocycles. The van der Waals surface area contributed by atoms with E-state index in [0.29, 0.717) is 18.1 Å². The van der Waals surface area contributed by atoms with Crippen LogP contribution >= 0.6 is 11.8 Å². The lowest BCUT2D eigenvalue weighted by atomic mass is 10.1. The van der Waals surface area contributed by atoms with Crippen LogP contribution in [0.5, 0.6) is 11.5 Å². The fourth-order valence-corrected chi connectivity index (χ4v) is 6.14. The Labute approximate surface area is 259 Å². The Kier molecular flexibility index (Phi) is 12.3. The predicted octanol–water partition coefficient (Wildman–Crippen LogP) is 5.34. The van der Waals surface area contributed by atoms with Crippen LogP contribution in [-0.4, -0.2) is 63.7 Å². The number of thioether (sulfide) groups is 1. The maximum Gasteiger partial charge on any atom is 0.264 e. The van der Waals surface area contributed by atoms with Gasteiger partial charge < -0.3 is 19.7 Å². The highest BCUT2D eigenvalue weighted by Gasteiger charge is 2.34. The van der Waals surface area contributed by atoms with Crippen LogP contribution in [-0.2, 0) is 26.2 Å². The second-order valence-electron chi connectivity index (χ2n) is 9.95. The number of methoxy groups -OCH3 is 1. The molecular weight excluding hydrogens is 587 g/mol. The minimum absolute atomic E-state index is 0.0358. The summed E-state index contributed by atoms with van der Waals surface area (Å²) in [5, 5.41) is 2.94. The number of carbonyl (C=O) groups excluding carboxylic acids is 2. The Morgan fingerprint density at radius 3 is 2.19 bits per heavy atom. The summed E-state index contributed by atoms with van der Waals surface area (Å²) in [7, 11) is -2.65. The van der Waals surface area contributed by atoms with Crippen LogP contribution in [0.1, 0.15) is 39.7 Å². The van der Waals surface area contributed by atoms with E-state index < -0.39 is 28.5 Å². The molecule has 232 valence electrons. The minimum Gasteiger partial charge on any atom is -0.497 e. The van der Waals surface area contributed by atoms with Crippen molar-refractivity contribution < 1.29 is 27.5 Å². The van der Waals surface area contributed by atoms with E-state index in [1.165, 1.54) is 28.8 Å². The molecule has 9 nitrogen and oxygen atoms in total. The number of para-hydroxylation sites is 2. The smallest absolute Gasteiger partial charge is 0.264 e. The molecule has 2 amide bonds. The molecule has 0 unspecified atom stereocenters. The van der Waals surface area contributed by atoms with Gasteiger partial charge in [0.15, 0.2) is 0 Å². The van der Waals surface area contributed by atoms with E-state index in [4.69, 9.17) is 9.47 Å². The molecule has 0 radical (unpaired) electrons. The van der Waals surface area contributed by atoms with Crippen molar-refractivity contribution in [2.45, 2.75) is 62.5 Å². The van der Waals surface area contributed by atoms with E-state index in [1.54, 1.807) is 69.5 Å². The highest BCUT2D eigenvalue weighted by atomic mass is 32.2. The lowest BCUT2D eigenvalue weighted by molar-refractivity contribution is -0.139. The third-order valence-corrected chi connectivity index (χ3v) is 9.56. The first kappa shape index (κ1) is 33.8. The van der Waals surface area contributed by atoms with Crippen molar-refractivity contribution in [3.05, 3.63) is 78.4 Å². The van der Waals surface area contributed by atoms with Crippen LogP contribution < -0.4 is 19.1 Å². The average molecular weight is 628 g/mol. The number of sulfonamides is 1. The number of ether oxygens (including phenoxy) is 2. The van der Waals surface area contributed by atoms with Gasteiger partial charge in [-0.1, -0.05) is 31.2 Å². The summed E-state index contributed by atoms with van der Waals surface area (Å²) in [6, 6.07) is 19.4. The second kappa shape index (κ2) is 15.7. The van der Waals surface area contributed by atoms with Crippen LogP contribution in [0, 0.1) is 0 Å². The van der Waals surface area contributed by atoms with Gasteiger partial charge in [-0.3, -0.25) is 13.9 Å². The van der Waals surface area contributed by atoms with E-state index in [9.17, 15) is 18.0 Å². The molecule has 0 aliphatic heterocycles. The molecule has 1 N–H and O–H groups in total. The van der Waals surface area contributed by atoms with Crippen LogP contribution in [0.3, 0.4) is 0 Å². The van der Waals surface area contributed by atoms with Crippen LogP contribution in [0.15, 0.2) is 82.6 Å². The number of hydrogen-bond acceptors (Lipinski definition) is 7. The second-order valence-corrected chi connectivity index (χ2v) is 12.7. The number of nitrogens with one attached hydrogen (secondary N) is 1. The molecule has 0 aromatic heterocycles.